The van der Waals surface area contributed by atoms with Crippen LogP contribution in [0.4, 0.5) is 4.39 Å². The zero-order valence-electron chi connectivity index (χ0n) is 33.5. The molecule has 3 heterocycles. The van der Waals surface area contributed by atoms with Crippen molar-refractivity contribution in [1.29, 1.82) is 0 Å². The Morgan fingerprint density at radius 3 is 2.32 bits per heavy atom. The average molecular weight is 832 g/mol. The Bertz CT molecular complexity index is 1720. The fourth-order valence-electron chi connectivity index (χ4n) is 7.85. The second-order valence-electron chi connectivity index (χ2n) is 16.0. The first kappa shape index (κ1) is 46.2. The number of ether oxygens (including phenoxy) is 4. The van der Waals surface area contributed by atoms with Crippen molar-refractivity contribution in [2.45, 2.75) is 146 Å². The Kier molecular flexibility index (Phi) is 15.3. The van der Waals surface area contributed by atoms with Crippen LogP contribution in [-0.2, 0) is 29.0 Å². The van der Waals surface area contributed by atoms with E-state index in [1.165, 1.54) is 70.3 Å². The molecule has 0 bridgehead atoms. The summed E-state index contributed by atoms with van der Waals surface area (Å²) < 4.78 is 68.3. The number of pyridine rings is 1. The smallest absolute Gasteiger partial charge is 0.311 e. The first-order valence-corrected chi connectivity index (χ1v) is 20.9. The molecule has 0 saturated carbocycles. The summed E-state index contributed by atoms with van der Waals surface area (Å²) in [6.45, 7) is 13.3. The molecule has 2 aromatic rings. The SMILES string of the molecule is CC[C@H]1OC(=O)[C@H](C)[C@@H](O)[C@H](C)[C@@H](O[C@@H]2O[C@H](C)C[C@H](N(C)S(=O)(=O)c3cccc(Cl)n3)[C@H]2Oc2ccc(F)cc2)[C@](C)(O)C[C@@H](C)CN[C@H](C)[C@@H](O)[C@]1(C)O. The van der Waals surface area contributed by atoms with Crippen LogP contribution in [0.15, 0.2) is 47.5 Å². The molecule has 2 aliphatic heterocycles. The molecule has 316 valence electrons. The number of nitrogens with one attached hydrogen (secondary N) is 1. The number of esters is 1. The quantitative estimate of drug-likeness (QED) is 0.191. The lowest BCUT2D eigenvalue weighted by Crippen LogP contribution is -2.61. The molecule has 0 spiro atoms. The molecule has 1 aromatic heterocycles. The van der Waals surface area contributed by atoms with Crippen LogP contribution in [-0.4, -0.2) is 124 Å². The fourth-order valence-corrected chi connectivity index (χ4v) is 9.39. The van der Waals surface area contributed by atoms with Crippen LogP contribution in [0, 0.1) is 23.6 Å². The van der Waals surface area contributed by atoms with Gasteiger partial charge in [0.25, 0.3) is 10.0 Å². The molecule has 0 radical (unpaired) electrons. The highest BCUT2D eigenvalue weighted by atomic mass is 35.5. The fraction of sp³-hybridized carbons (Fsp3) is 0.692. The minimum atomic E-state index is -4.29. The van der Waals surface area contributed by atoms with E-state index < -0.39 is 99.8 Å². The van der Waals surface area contributed by atoms with Gasteiger partial charge in [-0.3, -0.25) is 4.79 Å². The molecule has 2 aliphatic rings. The maximum absolute atomic E-state index is 14.0. The topological polar surface area (TPSA) is 197 Å². The third-order valence-electron chi connectivity index (χ3n) is 11.2. The molecule has 17 heteroatoms. The van der Waals surface area contributed by atoms with Crippen LogP contribution in [0.3, 0.4) is 0 Å². The Morgan fingerprint density at radius 1 is 1.07 bits per heavy atom. The van der Waals surface area contributed by atoms with Gasteiger partial charge in [0, 0.05) is 19.0 Å². The summed E-state index contributed by atoms with van der Waals surface area (Å²) >= 11 is 6.07. The molecular weight excluding hydrogens is 773 g/mol. The summed E-state index contributed by atoms with van der Waals surface area (Å²) in [5.74, 6) is -3.65. The molecule has 5 N–H and O–H groups in total. The molecule has 2 saturated heterocycles. The number of benzene rings is 1. The number of cyclic esters (lactones) is 1. The van der Waals surface area contributed by atoms with Crippen LogP contribution in [0.2, 0.25) is 5.15 Å². The lowest BCUT2D eigenvalue weighted by molar-refractivity contribution is -0.293. The van der Waals surface area contributed by atoms with Gasteiger partial charge >= 0.3 is 5.97 Å². The van der Waals surface area contributed by atoms with Crippen molar-refractivity contribution in [3.63, 3.8) is 0 Å². The summed E-state index contributed by atoms with van der Waals surface area (Å²) in [6.07, 6.45) is -8.09. The Balaban J connectivity index is 1.79. The van der Waals surface area contributed by atoms with E-state index in [9.17, 15) is 38.0 Å². The molecule has 0 amide bonds. The molecule has 0 unspecified atom stereocenters. The predicted octanol–water partition coefficient (Wildman–Crippen LogP) is 3.67. The van der Waals surface area contributed by atoms with Crippen molar-refractivity contribution >= 4 is 27.6 Å². The van der Waals surface area contributed by atoms with Gasteiger partial charge in [0.1, 0.15) is 34.5 Å². The highest BCUT2D eigenvalue weighted by Crippen LogP contribution is 2.38. The van der Waals surface area contributed by atoms with E-state index in [2.05, 4.69) is 10.3 Å². The Hall–Kier alpha value is -2.51. The van der Waals surface area contributed by atoms with Gasteiger partial charge in [0.05, 0.1) is 35.9 Å². The number of aromatic nitrogens is 1. The monoisotopic (exact) mass is 831 g/mol. The number of halogens is 2. The second-order valence-corrected chi connectivity index (χ2v) is 18.4. The van der Waals surface area contributed by atoms with Gasteiger partial charge in [-0.05, 0) is 103 Å². The molecule has 56 heavy (non-hydrogen) atoms. The lowest BCUT2D eigenvalue weighted by Gasteiger charge is -2.47. The number of sulfonamides is 1. The van der Waals surface area contributed by atoms with Crippen LogP contribution >= 0.6 is 11.6 Å². The normalized spacial score (nSPS) is 38.3. The average Bonchev–Trinajstić information content (AvgIpc) is 3.14. The minimum Gasteiger partial charge on any atom is -0.483 e. The lowest BCUT2D eigenvalue weighted by atomic mass is 9.78. The molecule has 0 aliphatic carbocycles. The van der Waals surface area contributed by atoms with Crippen molar-refractivity contribution in [2.75, 3.05) is 13.6 Å². The molecule has 2 fully saturated rings. The summed E-state index contributed by atoms with van der Waals surface area (Å²) in [5, 5.41) is 49.6. The van der Waals surface area contributed by atoms with Gasteiger partial charge in [-0.1, -0.05) is 38.4 Å². The number of aliphatic hydroxyl groups excluding tert-OH is 2. The zero-order chi connectivity index (χ0) is 41.9. The largest absolute Gasteiger partial charge is 0.483 e. The number of carbonyl (C=O) groups excluding carboxylic acids is 1. The third-order valence-corrected chi connectivity index (χ3v) is 13.2. The van der Waals surface area contributed by atoms with Gasteiger partial charge in [-0.25, -0.2) is 17.8 Å². The summed E-state index contributed by atoms with van der Waals surface area (Å²) in [7, 11) is -2.93. The van der Waals surface area contributed by atoms with Gasteiger partial charge in [-0.2, -0.15) is 4.31 Å². The van der Waals surface area contributed by atoms with Crippen molar-refractivity contribution in [2.24, 2.45) is 17.8 Å². The highest BCUT2D eigenvalue weighted by molar-refractivity contribution is 7.89. The van der Waals surface area contributed by atoms with Crippen molar-refractivity contribution in [3.05, 3.63) is 53.4 Å². The van der Waals surface area contributed by atoms with Crippen LogP contribution < -0.4 is 10.1 Å². The van der Waals surface area contributed by atoms with Crippen LogP contribution in [0.1, 0.15) is 74.7 Å². The molecule has 4 rings (SSSR count). The number of aliphatic hydroxyl groups is 4. The first-order chi connectivity index (χ1) is 26.0. The molecule has 14 atom stereocenters. The predicted molar refractivity (Wildman–Crippen MR) is 206 cm³/mol. The summed E-state index contributed by atoms with van der Waals surface area (Å²) in [4.78, 5) is 17.6. The van der Waals surface area contributed by atoms with Crippen molar-refractivity contribution < 1.29 is 57.0 Å². The van der Waals surface area contributed by atoms with Gasteiger partial charge < -0.3 is 44.7 Å². The number of carbonyl (C=O) groups is 1. The van der Waals surface area contributed by atoms with Crippen molar-refractivity contribution in [3.8, 4) is 5.75 Å². The van der Waals surface area contributed by atoms with E-state index >= 15 is 0 Å². The molecular formula is C39H59ClFN3O11S. The first-order valence-electron chi connectivity index (χ1n) is 19.1. The van der Waals surface area contributed by atoms with Crippen LogP contribution in [0.25, 0.3) is 0 Å². The Morgan fingerprint density at radius 2 is 1.71 bits per heavy atom. The Labute approximate surface area is 334 Å². The minimum absolute atomic E-state index is 0.0249. The number of nitrogens with zero attached hydrogens (tertiary/aromatic N) is 2. The summed E-state index contributed by atoms with van der Waals surface area (Å²) in [5.41, 5.74) is -3.57. The van der Waals surface area contributed by atoms with Crippen LogP contribution in [0.5, 0.6) is 5.75 Å². The standard InChI is InChI=1S/C39H59ClFN3O11S/c1-10-29-39(8,49)34(46)25(6)42-20-21(2)19-38(7,48)35(23(4)32(45)24(5)36(47)54-29)55-37-33(53-27-16-14-26(41)15-17-27)28(18-22(3)52-37)44(9)56(50,51)31-13-11-12-30(40)43-31/h11-17,21-25,28-29,32-35,37,42,45-46,48-49H,10,18-20H2,1-9H3/t21-,22-,23+,24-,25-,28+,29-,32+,33-,34-,35-,37+,38-,39-/m1/s1. The van der Waals surface area contributed by atoms with E-state index in [0.717, 1.165) is 4.31 Å². The third kappa shape index (κ3) is 10.6. The molecule has 1 aromatic carbocycles. The van der Waals surface area contributed by atoms with Gasteiger partial charge in [0.2, 0.25) is 0 Å². The van der Waals surface area contributed by atoms with Gasteiger partial charge in [0.15, 0.2) is 17.4 Å². The number of likely N-dealkylation sites (N-methyl/N-ethyl adjacent to an activating group) is 1. The van der Waals surface area contributed by atoms with E-state index in [0.29, 0.717) is 0 Å². The summed E-state index contributed by atoms with van der Waals surface area (Å²) in [6, 6.07) is 7.72. The van der Waals surface area contributed by atoms with Gasteiger partial charge in [-0.15, -0.1) is 0 Å². The van der Waals surface area contributed by atoms with E-state index in [1.54, 1.807) is 27.7 Å². The van der Waals surface area contributed by atoms with E-state index in [4.69, 9.17) is 30.5 Å². The number of hydrogen-bond donors (Lipinski definition) is 5. The van der Waals surface area contributed by atoms with E-state index in [-0.39, 0.29) is 47.7 Å². The van der Waals surface area contributed by atoms with Crippen molar-refractivity contribution in [1.82, 2.24) is 14.6 Å². The highest BCUT2D eigenvalue weighted by Gasteiger charge is 2.51. The maximum Gasteiger partial charge on any atom is 0.311 e. The second kappa shape index (κ2) is 18.6. The number of rotatable bonds is 8. The molecule has 14 nitrogen and oxygen atoms in total. The number of hydrogen-bond acceptors (Lipinski definition) is 13. The maximum atomic E-state index is 14.0. The zero-order valence-corrected chi connectivity index (χ0v) is 35.1. The van der Waals surface area contributed by atoms with E-state index in [1.807, 2.05) is 6.92 Å².